The molecule has 1 saturated heterocycles. The normalized spacial score (nSPS) is 22.6. The van der Waals surface area contributed by atoms with Gasteiger partial charge in [-0.3, -0.25) is 15.5 Å². The first-order chi connectivity index (χ1) is 6.75. The molecular formula is C8H13N5O. The number of aromatic nitrogens is 2. The van der Waals surface area contributed by atoms with Gasteiger partial charge in [-0.25, -0.2) is 9.99 Å². The minimum atomic E-state index is -0.148. The maximum absolute atomic E-state index is 11.3. The summed E-state index contributed by atoms with van der Waals surface area (Å²) in [5.41, 5.74) is 2.70. The molecule has 1 amide bonds. The van der Waals surface area contributed by atoms with Crippen LogP contribution < -0.4 is 10.7 Å². The minimum Gasteiger partial charge on any atom is -0.348 e. The first kappa shape index (κ1) is 9.17. The molecule has 3 N–H and O–H groups in total. The maximum atomic E-state index is 11.3. The van der Waals surface area contributed by atoms with Gasteiger partial charge in [0.2, 0.25) is 0 Å². The summed E-state index contributed by atoms with van der Waals surface area (Å²) in [7, 11) is 1.84. The Balaban J connectivity index is 1.84. The molecule has 76 valence electrons. The van der Waals surface area contributed by atoms with Gasteiger partial charge in [-0.2, -0.15) is 0 Å². The van der Waals surface area contributed by atoms with E-state index in [1.165, 1.54) is 0 Å². The molecule has 0 aliphatic carbocycles. The van der Waals surface area contributed by atoms with Crippen LogP contribution >= 0.6 is 0 Å². The second-order valence-corrected chi connectivity index (χ2v) is 3.33. The summed E-state index contributed by atoms with van der Waals surface area (Å²) in [6.45, 7) is 1.26. The average molecular weight is 195 g/mol. The molecule has 1 aliphatic heterocycles. The molecule has 1 aliphatic rings. The molecule has 1 atom stereocenters. The molecule has 0 saturated carbocycles. The molecule has 1 unspecified atom stereocenters. The summed E-state index contributed by atoms with van der Waals surface area (Å²) in [6.07, 6.45) is 3.45. The van der Waals surface area contributed by atoms with Crippen molar-refractivity contribution in [3.05, 3.63) is 18.2 Å². The van der Waals surface area contributed by atoms with E-state index in [9.17, 15) is 4.79 Å². The van der Waals surface area contributed by atoms with Crippen LogP contribution in [0.1, 0.15) is 5.82 Å². The van der Waals surface area contributed by atoms with Crippen molar-refractivity contribution in [1.82, 2.24) is 25.7 Å². The van der Waals surface area contributed by atoms with Crippen molar-refractivity contribution in [2.24, 2.45) is 0 Å². The Morgan fingerprint density at radius 2 is 2.64 bits per heavy atom. The zero-order valence-electron chi connectivity index (χ0n) is 7.95. The van der Waals surface area contributed by atoms with Gasteiger partial charge in [-0.05, 0) is 0 Å². The van der Waals surface area contributed by atoms with Crippen LogP contribution in [0.2, 0.25) is 0 Å². The van der Waals surface area contributed by atoms with Crippen LogP contribution in [0.5, 0.6) is 0 Å². The monoisotopic (exact) mass is 195 g/mol. The molecule has 0 radical (unpaired) electrons. The number of aromatic amines is 1. The van der Waals surface area contributed by atoms with E-state index in [1.807, 2.05) is 7.05 Å². The zero-order chi connectivity index (χ0) is 9.97. The zero-order valence-corrected chi connectivity index (χ0v) is 7.95. The van der Waals surface area contributed by atoms with E-state index >= 15 is 0 Å². The van der Waals surface area contributed by atoms with Crippen molar-refractivity contribution < 1.29 is 4.79 Å². The number of likely N-dealkylation sites (N-methyl/N-ethyl adjacent to an activating group) is 1. The molecule has 0 spiro atoms. The Hall–Kier alpha value is -1.40. The number of hydrogen-bond donors (Lipinski definition) is 3. The molecular weight excluding hydrogens is 182 g/mol. The van der Waals surface area contributed by atoms with Gasteiger partial charge >= 0.3 is 0 Å². The number of hydrazine groups is 1. The number of carbonyl (C=O) groups is 1. The topological polar surface area (TPSA) is 73.0 Å². The van der Waals surface area contributed by atoms with E-state index < -0.39 is 0 Å². The Morgan fingerprint density at radius 3 is 3.21 bits per heavy atom. The summed E-state index contributed by atoms with van der Waals surface area (Å²) in [6, 6.07) is -0.148. The standard InChI is InChI=1S/C8H13N5O/c1-13-5-6(8(14)12-13)11-4-7-9-2-3-10-7/h2-3,6,11H,4-5H2,1H3,(H,9,10)(H,12,14). The summed E-state index contributed by atoms with van der Waals surface area (Å²) in [5, 5.41) is 4.88. The average Bonchev–Trinajstić information content (AvgIpc) is 2.72. The van der Waals surface area contributed by atoms with Gasteiger partial charge in [-0.1, -0.05) is 0 Å². The van der Waals surface area contributed by atoms with Gasteiger partial charge in [0.1, 0.15) is 11.9 Å². The Bertz CT molecular complexity index is 310. The summed E-state index contributed by atoms with van der Waals surface area (Å²) >= 11 is 0. The van der Waals surface area contributed by atoms with E-state index in [2.05, 4.69) is 20.7 Å². The predicted molar refractivity (Wildman–Crippen MR) is 50.0 cm³/mol. The highest BCUT2D eigenvalue weighted by Gasteiger charge is 2.27. The molecule has 14 heavy (non-hydrogen) atoms. The molecule has 2 heterocycles. The van der Waals surface area contributed by atoms with Gasteiger partial charge in [0.05, 0.1) is 6.54 Å². The molecule has 1 fully saturated rings. The maximum Gasteiger partial charge on any atom is 0.252 e. The van der Waals surface area contributed by atoms with E-state index in [0.29, 0.717) is 13.1 Å². The lowest BCUT2D eigenvalue weighted by Crippen LogP contribution is -2.37. The lowest BCUT2D eigenvalue weighted by Gasteiger charge is -2.07. The van der Waals surface area contributed by atoms with Crippen LogP contribution in [-0.4, -0.2) is 40.5 Å². The third kappa shape index (κ3) is 1.91. The Kier molecular flexibility index (Phi) is 2.47. The highest BCUT2D eigenvalue weighted by atomic mass is 16.2. The van der Waals surface area contributed by atoms with Crippen molar-refractivity contribution in [3.8, 4) is 0 Å². The SMILES string of the molecule is CN1CC(NCc2ncc[nH]2)C(=O)N1. The fraction of sp³-hybridized carbons (Fsp3) is 0.500. The summed E-state index contributed by atoms with van der Waals surface area (Å²) < 4.78 is 0. The third-order valence-electron chi connectivity index (χ3n) is 2.14. The van der Waals surface area contributed by atoms with Crippen molar-refractivity contribution in [3.63, 3.8) is 0 Å². The van der Waals surface area contributed by atoms with Gasteiger partial charge in [0, 0.05) is 26.0 Å². The highest BCUT2D eigenvalue weighted by molar-refractivity contribution is 5.83. The predicted octanol–water partition coefficient (Wildman–Crippen LogP) is -1.16. The lowest BCUT2D eigenvalue weighted by molar-refractivity contribution is -0.122. The van der Waals surface area contributed by atoms with Gasteiger partial charge in [-0.15, -0.1) is 0 Å². The van der Waals surface area contributed by atoms with Crippen LogP contribution in [0.15, 0.2) is 12.4 Å². The summed E-state index contributed by atoms with van der Waals surface area (Å²) in [5.74, 6) is 0.853. The van der Waals surface area contributed by atoms with Crippen molar-refractivity contribution in [2.45, 2.75) is 12.6 Å². The minimum absolute atomic E-state index is 0.0130. The molecule has 2 rings (SSSR count). The van der Waals surface area contributed by atoms with Crippen LogP contribution in [0.3, 0.4) is 0 Å². The quantitative estimate of drug-likeness (QED) is 0.569. The van der Waals surface area contributed by atoms with Crippen LogP contribution in [-0.2, 0) is 11.3 Å². The molecule has 6 heteroatoms. The van der Waals surface area contributed by atoms with Gasteiger partial charge in [0.15, 0.2) is 0 Å². The van der Waals surface area contributed by atoms with Gasteiger partial charge in [0.25, 0.3) is 5.91 Å². The molecule has 6 nitrogen and oxygen atoms in total. The van der Waals surface area contributed by atoms with Crippen molar-refractivity contribution in [2.75, 3.05) is 13.6 Å². The lowest BCUT2D eigenvalue weighted by atomic mass is 10.3. The molecule has 1 aromatic heterocycles. The Morgan fingerprint density at radius 1 is 1.79 bits per heavy atom. The van der Waals surface area contributed by atoms with Crippen molar-refractivity contribution >= 4 is 5.91 Å². The Labute approximate surface area is 81.7 Å². The number of imidazole rings is 1. The fourth-order valence-electron chi connectivity index (χ4n) is 1.44. The van der Waals surface area contributed by atoms with Gasteiger partial charge < -0.3 is 4.98 Å². The first-order valence-electron chi connectivity index (χ1n) is 4.49. The first-order valence-corrected chi connectivity index (χ1v) is 4.49. The van der Waals surface area contributed by atoms with Crippen LogP contribution in [0.4, 0.5) is 0 Å². The second kappa shape index (κ2) is 3.77. The number of hydrogen-bond acceptors (Lipinski definition) is 4. The second-order valence-electron chi connectivity index (χ2n) is 3.33. The van der Waals surface area contributed by atoms with E-state index in [-0.39, 0.29) is 11.9 Å². The van der Waals surface area contributed by atoms with Crippen molar-refractivity contribution in [1.29, 1.82) is 0 Å². The number of nitrogens with zero attached hydrogens (tertiary/aromatic N) is 2. The molecule has 0 bridgehead atoms. The number of H-pyrrole nitrogens is 1. The largest absolute Gasteiger partial charge is 0.348 e. The number of nitrogens with one attached hydrogen (secondary N) is 3. The summed E-state index contributed by atoms with van der Waals surface area (Å²) in [4.78, 5) is 18.3. The highest BCUT2D eigenvalue weighted by Crippen LogP contribution is 1.98. The van der Waals surface area contributed by atoms with E-state index in [1.54, 1.807) is 17.4 Å². The third-order valence-corrected chi connectivity index (χ3v) is 2.14. The smallest absolute Gasteiger partial charge is 0.252 e. The molecule has 0 aromatic carbocycles. The van der Waals surface area contributed by atoms with Crippen LogP contribution in [0.25, 0.3) is 0 Å². The molecule has 1 aromatic rings. The fourth-order valence-corrected chi connectivity index (χ4v) is 1.44. The van der Waals surface area contributed by atoms with E-state index in [0.717, 1.165) is 5.82 Å². The number of amides is 1. The van der Waals surface area contributed by atoms with Crippen LogP contribution in [0, 0.1) is 0 Å². The number of carbonyl (C=O) groups excluding carboxylic acids is 1. The number of rotatable bonds is 3. The van der Waals surface area contributed by atoms with E-state index in [4.69, 9.17) is 0 Å².